The Kier molecular flexibility index (Phi) is 6.43. The van der Waals surface area contributed by atoms with Crippen LogP contribution in [-0.4, -0.2) is 56.7 Å². The number of rotatable bonds is 7. The van der Waals surface area contributed by atoms with E-state index in [0.717, 1.165) is 38.9 Å². The summed E-state index contributed by atoms with van der Waals surface area (Å²) in [5.74, 6) is 0.0951. The fourth-order valence-electron chi connectivity index (χ4n) is 2.92. The summed E-state index contributed by atoms with van der Waals surface area (Å²) >= 11 is 0. The maximum absolute atomic E-state index is 12.5. The van der Waals surface area contributed by atoms with Crippen LogP contribution >= 0.6 is 0 Å². The number of amides is 1. The Hall–Kier alpha value is -0.650. The Morgan fingerprint density at radius 1 is 1.30 bits per heavy atom. The van der Waals surface area contributed by atoms with Crippen LogP contribution in [0.15, 0.2) is 0 Å². The van der Waals surface area contributed by atoms with Crippen LogP contribution in [0.4, 0.5) is 0 Å². The highest BCUT2D eigenvalue weighted by molar-refractivity contribution is 5.82. The molecule has 0 radical (unpaired) electrons. The zero-order valence-corrected chi connectivity index (χ0v) is 13.5. The molecule has 0 aliphatic carbocycles. The van der Waals surface area contributed by atoms with E-state index < -0.39 is 5.41 Å². The minimum atomic E-state index is -0.418. The van der Waals surface area contributed by atoms with Crippen LogP contribution in [0.3, 0.4) is 0 Å². The van der Waals surface area contributed by atoms with Crippen molar-refractivity contribution in [2.45, 2.75) is 45.1 Å². The van der Waals surface area contributed by atoms with E-state index in [1.165, 1.54) is 0 Å². The number of nitrogens with one attached hydrogen (secondary N) is 1. The van der Waals surface area contributed by atoms with Gasteiger partial charge >= 0.3 is 0 Å². The van der Waals surface area contributed by atoms with Crippen LogP contribution in [0, 0.1) is 5.41 Å². The minimum Gasteiger partial charge on any atom is -0.381 e. The number of hydrogen-bond donors (Lipinski definition) is 2. The van der Waals surface area contributed by atoms with Crippen molar-refractivity contribution in [1.82, 2.24) is 10.2 Å². The maximum Gasteiger partial charge on any atom is 0.227 e. The van der Waals surface area contributed by atoms with Crippen LogP contribution in [0.2, 0.25) is 0 Å². The van der Waals surface area contributed by atoms with E-state index in [2.05, 4.69) is 24.3 Å². The first kappa shape index (κ1) is 17.4. The molecule has 0 atom stereocenters. The molecule has 0 bridgehead atoms. The molecule has 0 spiro atoms. The lowest BCUT2D eigenvalue weighted by atomic mass is 9.81. The molecule has 20 heavy (non-hydrogen) atoms. The first-order valence-electron chi connectivity index (χ1n) is 7.70. The van der Waals surface area contributed by atoms with Gasteiger partial charge in [0.25, 0.3) is 0 Å². The summed E-state index contributed by atoms with van der Waals surface area (Å²) in [7, 11) is 4.15. The Morgan fingerprint density at radius 3 is 2.25 bits per heavy atom. The smallest absolute Gasteiger partial charge is 0.227 e. The second kappa shape index (κ2) is 7.38. The summed E-state index contributed by atoms with van der Waals surface area (Å²) in [6, 6.07) is 0. The van der Waals surface area contributed by atoms with E-state index in [-0.39, 0.29) is 11.4 Å². The fraction of sp³-hybridized carbons (Fsp3) is 0.933. The molecule has 5 nitrogen and oxygen atoms in total. The van der Waals surface area contributed by atoms with E-state index in [0.29, 0.717) is 13.1 Å². The van der Waals surface area contributed by atoms with Crippen molar-refractivity contribution in [2.75, 3.05) is 40.4 Å². The Bertz CT molecular complexity index is 300. The third-order valence-electron chi connectivity index (χ3n) is 5.18. The van der Waals surface area contributed by atoms with Crippen LogP contribution in [-0.2, 0) is 9.53 Å². The number of ether oxygens (including phenoxy) is 1. The lowest BCUT2D eigenvalue weighted by molar-refractivity contribution is -0.132. The monoisotopic (exact) mass is 285 g/mol. The summed E-state index contributed by atoms with van der Waals surface area (Å²) in [5, 5.41) is 3.15. The van der Waals surface area contributed by atoms with E-state index >= 15 is 0 Å². The van der Waals surface area contributed by atoms with Crippen LogP contribution < -0.4 is 11.1 Å². The van der Waals surface area contributed by atoms with Gasteiger partial charge in [0.2, 0.25) is 5.91 Å². The van der Waals surface area contributed by atoms with Gasteiger partial charge in [-0.1, -0.05) is 13.8 Å². The predicted octanol–water partition coefficient (Wildman–Crippen LogP) is 0.979. The molecule has 1 heterocycles. The Labute approximate surface area is 123 Å². The van der Waals surface area contributed by atoms with Crippen molar-refractivity contribution in [3.8, 4) is 0 Å². The van der Waals surface area contributed by atoms with Gasteiger partial charge < -0.3 is 20.7 Å². The third-order valence-corrected chi connectivity index (χ3v) is 5.18. The average molecular weight is 285 g/mol. The van der Waals surface area contributed by atoms with Gasteiger partial charge in [-0.2, -0.15) is 0 Å². The number of likely N-dealkylation sites (N-methyl/N-ethyl adjacent to an activating group) is 1. The molecule has 5 heteroatoms. The van der Waals surface area contributed by atoms with Crippen LogP contribution in [0.1, 0.15) is 39.5 Å². The maximum atomic E-state index is 12.5. The van der Waals surface area contributed by atoms with Crippen molar-refractivity contribution in [3.63, 3.8) is 0 Å². The molecule has 1 rings (SSSR count). The molecule has 0 unspecified atom stereocenters. The molecule has 1 amide bonds. The summed E-state index contributed by atoms with van der Waals surface area (Å²) in [6.45, 7) is 6.67. The number of hydrogen-bond acceptors (Lipinski definition) is 4. The first-order valence-corrected chi connectivity index (χ1v) is 7.70. The highest BCUT2D eigenvalue weighted by Crippen LogP contribution is 2.28. The summed E-state index contributed by atoms with van der Waals surface area (Å²) in [5.41, 5.74) is 5.43. The van der Waals surface area contributed by atoms with Crippen molar-refractivity contribution in [1.29, 1.82) is 0 Å². The zero-order valence-electron chi connectivity index (χ0n) is 13.5. The zero-order chi connectivity index (χ0) is 15.2. The van der Waals surface area contributed by atoms with Gasteiger partial charge in [0.05, 0.1) is 5.41 Å². The Morgan fingerprint density at radius 2 is 1.85 bits per heavy atom. The molecule has 0 aromatic heterocycles. The Balaban J connectivity index is 2.70. The lowest BCUT2D eigenvalue weighted by Gasteiger charge is -2.43. The van der Waals surface area contributed by atoms with Gasteiger partial charge in [0, 0.05) is 31.8 Å². The second-order valence-electron chi connectivity index (χ2n) is 6.11. The van der Waals surface area contributed by atoms with Gasteiger partial charge in [0.15, 0.2) is 0 Å². The largest absolute Gasteiger partial charge is 0.381 e. The van der Waals surface area contributed by atoms with Gasteiger partial charge in [0.1, 0.15) is 0 Å². The standard InChI is InChI=1S/C15H31N3O2/c1-5-14(6-2,11-16)13(19)17-12-15(18(3)4)7-9-20-10-8-15/h5-12,16H2,1-4H3,(H,17,19). The van der Waals surface area contributed by atoms with E-state index in [4.69, 9.17) is 10.5 Å². The third kappa shape index (κ3) is 3.51. The van der Waals surface area contributed by atoms with Crippen LogP contribution in [0.5, 0.6) is 0 Å². The van der Waals surface area contributed by atoms with Gasteiger partial charge in [-0.05, 0) is 39.8 Å². The molecular weight excluding hydrogens is 254 g/mol. The van der Waals surface area contributed by atoms with E-state index in [9.17, 15) is 4.79 Å². The topological polar surface area (TPSA) is 67.6 Å². The lowest BCUT2D eigenvalue weighted by Crippen LogP contribution is -2.57. The molecular formula is C15H31N3O2. The quantitative estimate of drug-likeness (QED) is 0.732. The van der Waals surface area contributed by atoms with Crippen molar-refractivity contribution in [2.24, 2.45) is 11.1 Å². The minimum absolute atomic E-state index is 0.00965. The van der Waals surface area contributed by atoms with Gasteiger partial charge in [-0.15, -0.1) is 0 Å². The SMILES string of the molecule is CCC(CC)(CN)C(=O)NCC1(N(C)C)CCOCC1. The molecule has 1 fully saturated rings. The molecule has 0 aromatic carbocycles. The number of carbonyl (C=O) groups excluding carboxylic acids is 1. The summed E-state index contributed by atoms with van der Waals surface area (Å²) < 4.78 is 5.45. The van der Waals surface area contributed by atoms with E-state index in [1.807, 2.05) is 13.8 Å². The normalized spacial score (nSPS) is 19.1. The summed E-state index contributed by atoms with van der Waals surface area (Å²) in [4.78, 5) is 14.7. The average Bonchev–Trinajstić information content (AvgIpc) is 2.48. The van der Waals surface area contributed by atoms with Gasteiger partial charge in [-0.3, -0.25) is 4.79 Å². The molecule has 118 valence electrons. The van der Waals surface area contributed by atoms with Crippen molar-refractivity contribution < 1.29 is 9.53 Å². The van der Waals surface area contributed by atoms with Crippen molar-refractivity contribution >= 4 is 5.91 Å². The molecule has 1 aliphatic rings. The highest BCUT2D eigenvalue weighted by atomic mass is 16.5. The number of nitrogens with two attached hydrogens (primary N) is 1. The summed E-state index contributed by atoms with van der Waals surface area (Å²) in [6.07, 6.45) is 3.47. The second-order valence-corrected chi connectivity index (χ2v) is 6.11. The molecule has 0 saturated carbocycles. The van der Waals surface area contributed by atoms with E-state index in [1.54, 1.807) is 0 Å². The predicted molar refractivity (Wildman–Crippen MR) is 81.6 cm³/mol. The first-order chi connectivity index (χ1) is 9.46. The van der Waals surface area contributed by atoms with Crippen molar-refractivity contribution in [3.05, 3.63) is 0 Å². The van der Waals surface area contributed by atoms with Crippen LogP contribution in [0.25, 0.3) is 0 Å². The number of nitrogens with zero attached hydrogens (tertiary/aromatic N) is 1. The van der Waals surface area contributed by atoms with Gasteiger partial charge in [-0.25, -0.2) is 0 Å². The highest BCUT2D eigenvalue weighted by Gasteiger charge is 2.38. The fourth-order valence-corrected chi connectivity index (χ4v) is 2.92. The molecule has 1 saturated heterocycles. The molecule has 0 aromatic rings. The molecule has 3 N–H and O–H groups in total. The molecule has 1 aliphatic heterocycles. The number of carbonyl (C=O) groups is 1.